The van der Waals surface area contributed by atoms with E-state index in [9.17, 15) is 8.78 Å². The highest BCUT2D eigenvalue weighted by Crippen LogP contribution is 2.27. The van der Waals surface area contributed by atoms with Gasteiger partial charge in [-0.2, -0.15) is 5.26 Å². The third-order valence-electron chi connectivity index (χ3n) is 1.60. The van der Waals surface area contributed by atoms with E-state index in [0.29, 0.717) is 0 Å². The van der Waals surface area contributed by atoms with Crippen LogP contribution in [0.4, 0.5) is 8.78 Å². The number of hydrogen-bond donors (Lipinski definition) is 0. The van der Waals surface area contributed by atoms with Gasteiger partial charge in [-0.1, -0.05) is 0 Å². The van der Waals surface area contributed by atoms with Gasteiger partial charge < -0.3 is 0 Å². The Kier molecular flexibility index (Phi) is 1.61. The predicted octanol–water partition coefficient (Wildman–Crippen LogP) is 0.849. The summed E-state index contributed by atoms with van der Waals surface area (Å²) in [5, 5.41) is 8.30. The van der Waals surface area contributed by atoms with Gasteiger partial charge in [0.25, 0.3) is 5.92 Å². The average Bonchev–Trinajstić information content (AvgIpc) is 1.81. The molecule has 0 aliphatic carbocycles. The molecule has 0 N–H and O–H groups in total. The molecule has 1 aliphatic heterocycles. The Bertz CT molecular complexity index is 165. The molecule has 10 heavy (non-hydrogen) atoms. The Hall–Kier alpha value is -0.690. The lowest BCUT2D eigenvalue weighted by Gasteiger charge is -2.40. The van der Waals surface area contributed by atoms with Gasteiger partial charge in [0.2, 0.25) is 0 Å². The monoisotopic (exact) mass is 146 g/mol. The molecule has 1 unspecified atom stereocenters. The number of rotatable bonds is 1. The number of likely N-dealkylation sites (tertiary alicyclic amines) is 1. The molecule has 1 aliphatic rings. The van der Waals surface area contributed by atoms with E-state index in [1.165, 1.54) is 4.90 Å². The van der Waals surface area contributed by atoms with Crippen molar-refractivity contribution in [1.29, 1.82) is 5.26 Å². The first-order valence-electron chi connectivity index (χ1n) is 3.07. The van der Waals surface area contributed by atoms with Gasteiger partial charge in [-0.15, -0.1) is 0 Å². The summed E-state index contributed by atoms with van der Waals surface area (Å²) in [6.07, 6.45) is 0. The normalized spacial score (nSPS) is 26.6. The van der Waals surface area contributed by atoms with E-state index in [1.54, 1.807) is 6.92 Å². The van der Waals surface area contributed by atoms with Crippen molar-refractivity contribution in [2.24, 2.45) is 0 Å². The standard InChI is InChI=1S/C6H8F2N2/c1-5(2-9)10-3-6(7,8)4-10/h5H,3-4H2,1H3. The van der Waals surface area contributed by atoms with Gasteiger partial charge in [-0.3, -0.25) is 4.90 Å². The van der Waals surface area contributed by atoms with Crippen molar-refractivity contribution in [3.8, 4) is 6.07 Å². The van der Waals surface area contributed by atoms with Crippen molar-refractivity contribution < 1.29 is 8.78 Å². The summed E-state index contributed by atoms with van der Waals surface area (Å²) in [5.41, 5.74) is 0. The van der Waals surface area contributed by atoms with Gasteiger partial charge in [0.05, 0.1) is 25.2 Å². The maximum Gasteiger partial charge on any atom is 0.273 e. The molecule has 0 bridgehead atoms. The zero-order valence-electron chi connectivity index (χ0n) is 5.64. The van der Waals surface area contributed by atoms with Crippen LogP contribution in [0.25, 0.3) is 0 Å². The quantitative estimate of drug-likeness (QED) is 0.548. The Morgan fingerprint density at radius 2 is 2.10 bits per heavy atom. The second kappa shape index (κ2) is 2.17. The highest BCUT2D eigenvalue weighted by Gasteiger charge is 2.45. The molecule has 1 fully saturated rings. The van der Waals surface area contributed by atoms with Crippen LogP contribution in [0.1, 0.15) is 6.92 Å². The van der Waals surface area contributed by atoms with Gasteiger partial charge in [0.15, 0.2) is 0 Å². The highest BCUT2D eigenvalue weighted by atomic mass is 19.3. The first kappa shape index (κ1) is 7.42. The van der Waals surface area contributed by atoms with Crippen LogP contribution in [0.15, 0.2) is 0 Å². The molecule has 0 spiro atoms. The summed E-state index contributed by atoms with van der Waals surface area (Å²) in [5.74, 6) is -2.55. The van der Waals surface area contributed by atoms with Gasteiger partial charge in [-0.25, -0.2) is 8.78 Å². The zero-order valence-corrected chi connectivity index (χ0v) is 5.64. The lowest BCUT2D eigenvalue weighted by Crippen LogP contribution is -2.58. The van der Waals surface area contributed by atoms with Crippen LogP contribution in [-0.2, 0) is 0 Å². The Morgan fingerprint density at radius 3 is 2.40 bits per heavy atom. The van der Waals surface area contributed by atoms with Crippen molar-refractivity contribution in [3.05, 3.63) is 0 Å². The smallest absolute Gasteiger partial charge is 0.273 e. The third kappa shape index (κ3) is 1.24. The second-order valence-electron chi connectivity index (χ2n) is 2.57. The first-order valence-corrected chi connectivity index (χ1v) is 3.07. The largest absolute Gasteiger partial charge is 0.276 e. The van der Waals surface area contributed by atoms with Gasteiger partial charge in [0.1, 0.15) is 0 Å². The molecule has 1 saturated heterocycles. The third-order valence-corrected chi connectivity index (χ3v) is 1.60. The first-order chi connectivity index (χ1) is 4.55. The minimum Gasteiger partial charge on any atom is -0.276 e. The van der Waals surface area contributed by atoms with E-state index in [0.717, 1.165) is 0 Å². The molecule has 2 nitrogen and oxygen atoms in total. The molecule has 0 radical (unpaired) electrons. The maximum absolute atomic E-state index is 12.1. The molecule has 1 heterocycles. The molecule has 0 saturated carbocycles. The fourth-order valence-electron chi connectivity index (χ4n) is 0.903. The molecule has 1 atom stereocenters. The summed E-state index contributed by atoms with van der Waals surface area (Å²) in [4.78, 5) is 1.44. The van der Waals surface area contributed by atoms with Gasteiger partial charge in [-0.05, 0) is 6.92 Å². The number of hydrogen-bond acceptors (Lipinski definition) is 2. The van der Waals surface area contributed by atoms with E-state index in [4.69, 9.17) is 5.26 Å². The van der Waals surface area contributed by atoms with E-state index < -0.39 is 5.92 Å². The minimum atomic E-state index is -2.55. The summed E-state index contributed by atoms with van der Waals surface area (Å²) in [6, 6.07) is 1.52. The maximum atomic E-state index is 12.1. The van der Waals surface area contributed by atoms with Crippen LogP contribution in [0.3, 0.4) is 0 Å². The SMILES string of the molecule is CC(C#N)N1CC(F)(F)C1. The molecule has 1 rings (SSSR count). The summed E-state index contributed by atoms with van der Waals surface area (Å²) < 4.78 is 24.3. The number of nitrogens with zero attached hydrogens (tertiary/aromatic N) is 2. The van der Waals surface area contributed by atoms with E-state index >= 15 is 0 Å². The zero-order chi connectivity index (χ0) is 7.78. The molecular formula is C6H8F2N2. The van der Waals surface area contributed by atoms with Crippen LogP contribution in [0.2, 0.25) is 0 Å². The molecule has 0 aromatic heterocycles. The highest BCUT2D eigenvalue weighted by molar-refractivity contribution is 4.97. The second-order valence-corrected chi connectivity index (χ2v) is 2.57. The van der Waals surface area contributed by atoms with Crippen LogP contribution >= 0.6 is 0 Å². The lowest BCUT2D eigenvalue weighted by molar-refractivity contribution is -0.136. The van der Waals surface area contributed by atoms with Crippen LogP contribution < -0.4 is 0 Å². The fraction of sp³-hybridized carbons (Fsp3) is 0.833. The number of alkyl halides is 2. The average molecular weight is 146 g/mol. The van der Waals surface area contributed by atoms with Gasteiger partial charge in [0, 0.05) is 0 Å². The van der Waals surface area contributed by atoms with Crippen molar-refractivity contribution in [2.45, 2.75) is 18.9 Å². The molecular weight excluding hydrogens is 138 g/mol. The number of nitriles is 1. The predicted molar refractivity (Wildman–Crippen MR) is 31.6 cm³/mol. The van der Waals surface area contributed by atoms with E-state index in [-0.39, 0.29) is 19.1 Å². The molecule has 0 aromatic carbocycles. The van der Waals surface area contributed by atoms with Crippen LogP contribution in [-0.4, -0.2) is 30.0 Å². The lowest BCUT2D eigenvalue weighted by atomic mass is 10.1. The minimum absolute atomic E-state index is 0.262. The summed E-state index contributed by atoms with van der Waals surface area (Å²) >= 11 is 0. The van der Waals surface area contributed by atoms with E-state index in [2.05, 4.69) is 0 Å². The summed E-state index contributed by atoms with van der Waals surface area (Å²) in [6.45, 7) is 1.10. The summed E-state index contributed by atoms with van der Waals surface area (Å²) in [7, 11) is 0. The molecule has 0 amide bonds. The van der Waals surface area contributed by atoms with Crippen molar-refractivity contribution in [1.82, 2.24) is 4.90 Å². The Morgan fingerprint density at radius 1 is 1.60 bits per heavy atom. The Balaban J connectivity index is 2.34. The Labute approximate surface area is 58.0 Å². The molecule has 0 aromatic rings. The van der Waals surface area contributed by atoms with E-state index in [1.807, 2.05) is 6.07 Å². The fourth-order valence-corrected chi connectivity index (χ4v) is 0.903. The van der Waals surface area contributed by atoms with Gasteiger partial charge >= 0.3 is 0 Å². The van der Waals surface area contributed by atoms with Crippen LogP contribution in [0, 0.1) is 11.3 Å². The molecule has 4 heteroatoms. The molecule has 56 valence electrons. The van der Waals surface area contributed by atoms with Crippen molar-refractivity contribution in [3.63, 3.8) is 0 Å². The topological polar surface area (TPSA) is 27.0 Å². The van der Waals surface area contributed by atoms with Crippen molar-refractivity contribution >= 4 is 0 Å². The van der Waals surface area contributed by atoms with Crippen molar-refractivity contribution in [2.75, 3.05) is 13.1 Å². The number of halogens is 2. The van der Waals surface area contributed by atoms with Crippen LogP contribution in [0.5, 0.6) is 0 Å².